The highest BCUT2D eigenvalue weighted by molar-refractivity contribution is 7.89. The van der Waals surface area contributed by atoms with Gasteiger partial charge in [0, 0.05) is 19.0 Å². The zero-order valence-electron chi connectivity index (χ0n) is 12.4. The van der Waals surface area contributed by atoms with Crippen LogP contribution >= 0.6 is 0 Å². The van der Waals surface area contributed by atoms with Crippen molar-refractivity contribution in [2.75, 3.05) is 11.9 Å². The number of ether oxygens (including phenoxy) is 1. The van der Waals surface area contributed by atoms with Crippen LogP contribution in [0.2, 0.25) is 0 Å². The molecule has 0 aliphatic carbocycles. The zero-order chi connectivity index (χ0) is 16.4. The van der Waals surface area contributed by atoms with E-state index < -0.39 is 16.1 Å². The lowest BCUT2D eigenvalue weighted by molar-refractivity contribution is -0.122. The van der Waals surface area contributed by atoms with Crippen LogP contribution in [0.5, 0.6) is 5.75 Å². The minimum Gasteiger partial charge on any atom is -0.479 e. The van der Waals surface area contributed by atoms with E-state index >= 15 is 0 Å². The number of fused-ring (bicyclic) bond motifs is 1. The molecule has 1 aromatic carbocycles. The van der Waals surface area contributed by atoms with E-state index in [9.17, 15) is 13.2 Å². The molecule has 3 rings (SSSR count). The number of rotatable bonds is 5. The summed E-state index contributed by atoms with van der Waals surface area (Å²) < 4.78 is 37.7. The van der Waals surface area contributed by atoms with Crippen molar-refractivity contribution < 1.29 is 22.4 Å². The third-order valence-corrected chi connectivity index (χ3v) is 4.90. The molecular formula is C15H16N2O5S. The van der Waals surface area contributed by atoms with Crippen LogP contribution in [0.1, 0.15) is 12.7 Å². The van der Waals surface area contributed by atoms with E-state index in [2.05, 4.69) is 10.0 Å². The van der Waals surface area contributed by atoms with Crippen molar-refractivity contribution in [1.82, 2.24) is 4.72 Å². The van der Waals surface area contributed by atoms with E-state index in [4.69, 9.17) is 9.15 Å². The lowest BCUT2D eigenvalue weighted by atomic mass is 10.2. The average molecular weight is 336 g/mol. The minimum atomic E-state index is -3.66. The summed E-state index contributed by atoms with van der Waals surface area (Å²) in [7, 11) is -3.66. The minimum absolute atomic E-state index is 0.0824. The highest BCUT2D eigenvalue weighted by atomic mass is 32.2. The first-order chi connectivity index (χ1) is 11.0. The predicted octanol–water partition coefficient (Wildman–Crippen LogP) is 1.52. The molecule has 2 N–H and O–H groups in total. The van der Waals surface area contributed by atoms with Crippen molar-refractivity contribution >= 4 is 21.6 Å². The van der Waals surface area contributed by atoms with Gasteiger partial charge in [-0.2, -0.15) is 0 Å². The molecule has 0 bridgehead atoms. The highest BCUT2D eigenvalue weighted by Crippen LogP contribution is 2.31. The van der Waals surface area contributed by atoms with Gasteiger partial charge in [0.05, 0.1) is 16.8 Å². The molecule has 1 aromatic heterocycles. The molecule has 8 heteroatoms. The van der Waals surface area contributed by atoms with Crippen LogP contribution in [-0.4, -0.2) is 27.0 Å². The van der Waals surface area contributed by atoms with Crippen LogP contribution in [0.4, 0.5) is 5.69 Å². The molecule has 2 heterocycles. The van der Waals surface area contributed by atoms with Crippen molar-refractivity contribution in [2.45, 2.75) is 24.3 Å². The molecule has 0 saturated carbocycles. The van der Waals surface area contributed by atoms with Gasteiger partial charge in [-0.3, -0.25) is 4.79 Å². The fourth-order valence-corrected chi connectivity index (χ4v) is 3.24. The summed E-state index contributed by atoms with van der Waals surface area (Å²) >= 11 is 0. The second-order valence-corrected chi connectivity index (χ2v) is 6.90. The maximum Gasteiger partial charge on any atom is 0.265 e. The van der Waals surface area contributed by atoms with Gasteiger partial charge in [0.2, 0.25) is 10.0 Å². The Kier molecular flexibility index (Phi) is 4.10. The predicted molar refractivity (Wildman–Crippen MR) is 82.8 cm³/mol. The Morgan fingerprint density at radius 1 is 1.30 bits per heavy atom. The maximum atomic E-state index is 12.3. The lowest BCUT2D eigenvalue weighted by Crippen LogP contribution is -2.34. The van der Waals surface area contributed by atoms with Gasteiger partial charge in [0.15, 0.2) is 6.10 Å². The van der Waals surface area contributed by atoms with Gasteiger partial charge >= 0.3 is 0 Å². The van der Waals surface area contributed by atoms with Crippen molar-refractivity contribution in [3.63, 3.8) is 0 Å². The van der Waals surface area contributed by atoms with E-state index in [-0.39, 0.29) is 17.3 Å². The quantitative estimate of drug-likeness (QED) is 0.863. The summed E-state index contributed by atoms with van der Waals surface area (Å²) in [4.78, 5) is 11.6. The molecule has 2 aromatic rings. The molecule has 0 saturated heterocycles. The van der Waals surface area contributed by atoms with E-state index in [1.54, 1.807) is 25.3 Å². The van der Waals surface area contributed by atoms with Crippen LogP contribution in [0.15, 0.2) is 45.9 Å². The maximum absolute atomic E-state index is 12.3. The topological polar surface area (TPSA) is 97.6 Å². The number of carbonyl (C=O) groups excluding carboxylic acids is 1. The lowest BCUT2D eigenvalue weighted by Gasteiger charge is -2.23. The highest BCUT2D eigenvalue weighted by Gasteiger charge is 2.25. The van der Waals surface area contributed by atoms with E-state index in [1.807, 2.05) is 0 Å². The van der Waals surface area contributed by atoms with Gasteiger partial charge in [-0.1, -0.05) is 0 Å². The summed E-state index contributed by atoms with van der Waals surface area (Å²) in [5.41, 5.74) is 0.461. The Bertz CT molecular complexity index is 814. The molecule has 7 nitrogen and oxygen atoms in total. The molecule has 0 unspecified atom stereocenters. The first-order valence-corrected chi connectivity index (χ1v) is 8.58. The summed E-state index contributed by atoms with van der Waals surface area (Å²) in [5.74, 6) is 0.786. The Labute approximate surface area is 133 Å². The molecular weight excluding hydrogens is 320 g/mol. The standard InChI is InChI=1S/C15H16N2O5S/c1-10-15(18)17-13-5-4-12(9-14(13)22-10)23(19,20)16-7-6-11-3-2-8-21-11/h2-5,8-10,16H,6-7H2,1H3,(H,17,18)/t10-/m0/s1. The second kappa shape index (κ2) is 6.05. The van der Waals surface area contributed by atoms with Crippen LogP contribution in [-0.2, 0) is 21.2 Å². The second-order valence-electron chi connectivity index (χ2n) is 5.13. The van der Waals surface area contributed by atoms with E-state index in [1.165, 1.54) is 18.2 Å². The van der Waals surface area contributed by atoms with Crippen LogP contribution < -0.4 is 14.8 Å². The smallest absolute Gasteiger partial charge is 0.265 e. The molecule has 1 aliphatic rings. The fourth-order valence-electron chi connectivity index (χ4n) is 2.20. The molecule has 1 aliphatic heterocycles. The summed E-state index contributed by atoms with van der Waals surface area (Å²) in [6, 6.07) is 7.87. The van der Waals surface area contributed by atoms with Gasteiger partial charge in [0.25, 0.3) is 5.91 Å². The SMILES string of the molecule is C[C@@H]1Oc2cc(S(=O)(=O)NCCc3ccco3)ccc2NC1=O. The van der Waals surface area contributed by atoms with Crippen molar-refractivity contribution in [3.8, 4) is 5.75 Å². The van der Waals surface area contributed by atoms with Crippen molar-refractivity contribution in [3.05, 3.63) is 42.4 Å². The van der Waals surface area contributed by atoms with E-state index in [0.29, 0.717) is 23.6 Å². The van der Waals surface area contributed by atoms with E-state index in [0.717, 1.165) is 0 Å². The molecule has 23 heavy (non-hydrogen) atoms. The molecule has 1 atom stereocenters. The first-order valence-electron chi connectivity index (χ1n) is 7.09. The summed E-state index contributed by atoms with van der Waals surface area (Å²) in [6.45, 7) is 1.82. The monoisotopic (exact) mass is 336 g/mol. The largest absolute Gasteiger partial charge is 0.479 e. The number of carbonyl (C=O) groups is 1. The Morgan fingerprint density at radius 2 is 2.13 bits per heavy atom. The van der Waals surface area contributed by atoms with Crippen LogP contribution in [0.25, 0.3) is 0 Å². The Morgan fingerprint density at radius 3 is 2.87 bits per heavy atom. The van der Waals surface area contributed by atoms with Gasteiger partial charge in [-0.25, -0.2) is 13.1 Å². The number of hydrogen-bond acceptors (Lipinski definition) is 5. The third-order valence-electron chi connectivity index (χ3n) is 3.44. The number of sulfonamides is 1. The van der Waals surface area contributed by atoms with Gasteiger partial charge in [-0.15, -0.1) is 0 Å². The fraction of sp³-hybridized carbons (Fsp3) is 0.267. The van der Waals surface area contributed by atoms with Gasteiger partial charge in [-0.05, 0) is 31.2 Å². The van der Waals surface area contributed by atoms with Crippen LogP contribution in [0.3, 0.4) is 0 Å². The number of anilines is 1. The normalized spacial score (nSPS) is 17.3. The first kappa shape index (κ1) is 15.6. The zero-order valence-corrected chi connectivity index (χ0v) is 13.2. The van der Waals surface area contributed by atoms with Gasteiger partial charge in [0.1, 0.15) is 11.5 Å². The number of benzene rings is 1. The average Bonchev–Trinajstić information content (AvgIpc) is 3.01. The molecule has 122 valence electrons. The van der Waals surface area contributed by atoms with Crippen molar-refractivity contribution in [2.24, 2.45) is 0 Å². The number of hydrogen-bond donors (Lipinski definition) is 2. The molecule has 0 fully saturated rings. The molecule has 0 radical (unpaired) electrons. The Balaban J connectivity index is 1.72. The number of furan rings is 1. The Hall–Kier alpha value is -2.32. The van der Waals surface area contributed by atoms with Gasteiger partial charge < -0.3 is 14.5 Å². The molecule has 0 spiro atoms. The number of nitrogens with one attached hydrogen (secondary N) is 2. The number of amides is 1. The third kappa shape index (κ3) is 3.38. The summed E-state index contributed by atoms with van der Waals surface area (Å²) in [6.07, 6.45) is 1.34. The van der Waals surface area contributed by atoms with Crippen LogP contribution in [0, 0.1) is 0 Å². The molecule has 1 amide bonds. The van der Waals surface area contributed by atoms with Crippen molar-refractivity contribution in [1.29, 1.82) is 0 Å². The summed E-state index contributed by atoms with van der Waals surface area (Å²) in [5, 5.41) is 2.66.